The van der Waals surface area contributed by atoms with Crippen LogP contribution in [0.4, 0.5) is 5.00 Å². The van der Waals surface area contributed by atoms with Gasteiger partial charge in [0.05, 0.1) is 17.1 Å². The Labute approximate surface area is 191 Å². The van der Waals surface area contributed by atoms with E-state index in [9.17, 15) is 22.8 Å². The van der Waals surface area contributed by atoms with Gasteiger partial charge in [0.25, 0.3) is 5.91 Å². The lowest BCUT2D eigenvalue weighted by Crippen LogP contribution is -2.32. The van der Waals surface area contributed by atoms with Gasteiger partial charge in [-0.05, 0) is 44.9 Å². The van der Waals surface area contributed by atoms with E-state index in [1.165, 1.54) is 23.5 Å². The monoisotopic (exact) mass is 482 g/mol. The number of carbonyl (C=O) groups is 3. The highest BCUT2D eigenvalue weighted by molar-refractivity contribution is 7.89. The van der Waals surface area contributed by atoms with Crippen LogP contribution in [0, 0.1) is 13.8 Å². The van der Waals surface area contributed by atoms with E-state index in [-0.39, 0.29) is 11.5 Å². The second kappa shape index (κ2) is 11.2. The van der Waals surface area contributed by atoms with Gasteiger partial charge in [-0.1, -0.05) is 24.6 Å². The number of carbonyl (C=O) groups excluding carboxylic acids is 3. The summed E-state index contributed by atoms with van der Waals surface area (Å²) in [5.74, 6) is -2.11. The van der Waals surface area contributed by atoms with Crippen LogP contribution in [0.1, 0.15) is 40.2 Å². The zero-order valence-corrected chi connectivity index (χ0v) is 19.9. The van der Waals surface area contributed by atoms with E-state index >= 15 is 0 Å². The van der Waals surface area contributed by atoms with Crippen LogP contribution in [-0.4, -0.2) is 46.0 Å². The highest BCUT2D eigenvalue weighted by Gasteiger charge is 2.24. The van der Waals surface area contributed by atoms with Gasteiger partial charge in [-0.2, -0.15) is 4.72 Å². The number of nitrogens with one attached hydrogen (secondary N) is 2. The molecule has 0 aliphatic rings. The highest BCUT2D eigenvalue weighted by atomic mass is 32.2. The normalized spacial score (nSPS) is 11.1. The molecule has 0 atom stereocenters. The van der Waals surface area contributed by atoms with Gasteiger partial charge in [0, 0.05) is 4.88 Å². The van der Waals surface area contributed by atoms with Gasteiger partial charge in [0.2, 0.25) is 10.0 Å². The van der Waals surface area contributed by atoms with Crippen molar-refractivity contribution in [2.45, 2.75) is 39.0 Å². The number of thiophene rings is 1. The molecular weight excluding hydrogens is 456 g/mol. The van der Waals surface area contributed by atoms with Crippen LogP contribution in [-0.2, 0) is 35.5 Å². The quantitative estimate of drug-likeness (QED) is 0.498. The van der Waals surface area contributed by atoms with Crippen LogP contribution in [0.2, 0.25) is 0 Å². The van der Waals surface area contributed by atoms with Gasteiger partial charge in [-0.15, -0.1) is 11.3 Å². The van der Waals surface area contributed by atoms with E-state index in [0.717, 1.165) is 16.0 Å². The molecule has 1 aromatic carbocycles. The van der Waals surface area contributed by atoms with Crippen molar-refractivity contribution < 1.29 is 32.3 Å². The van der Waals surface area contributed by atoms with Crippen molar-refractivity contribution in [3.05, 3.63) is 45.8 Å². The predicted octanol–water partition coefficient (Wildman–Crippen LogP) is 2.56. The third kappa shape index (κ3) is 6.62. The lowest BCUT2D eigenvalue weighted by Gasteiger charge is -2.09. The number of esters is 2. The maximum atomic E-state index is 12.3. The van der Waals surface area contributed by atoms with Crippen molar-refractivity contribution >= 4 is 44.2 Å². The summed E-state index contributed by atoms with van der Waals surface area (Å²) in [6.07, 6.45) is 0.586. The molecule has 1 heterocycles. The molecule has 174 valence electrons. The number of anilines is 1. The molecule has 1 aromatic heterocycles. The molecule has 9 nitrogen and oxygen atoms in total. The van der Waals surface area contributed by atoms with E-state index < -0.39 is 41.0 Å². The Kier molecular flexibility index (Phi) is 8.93. The number of amides is 1. The third-order valence-electron chi connectivity index (χ3n) is 4.40. The number of sulfonamides is 1. The number of hydrogen-bond acceptors (Lipinski definition) is 8. The topological polar surface area (TPSA) is 128 Å². The van der Waals surface area contributed by atoms with Crippen molar-refractivity contribution in [3.63, 3.8) is 0 Å². The van der Waals surface area contributed by atoms with Crippen molar-refractivity contribution in [2.24, 2.45) is 0 Å². The van der Waals surface area contributed by atoms with Crippen molar-refractivity contribution in [1.82, 2.24) is 4.72 Å². The van der Waals surface area contributed by atoms with Crippen LogP contribution in [0.5, 0.6) is 0 Å². The molecule has 0 spiro atoms. The first-order valence-corrected chi connectivity index (χ1v) is 12.2. The van der Waals surface area contributed by atoms with Gasteiger partial charge in [0.1, 0.15) is 11.5 Å². The largest absolute Gasteiger partial charge is 0.462 e. The minimum absolute atomic E-state index is 0.0138. The summed E-state index contributed by atoms with van der Waals surface area (Å²) >= 11 is 1.23. The molecule has 2 aromatic rings. The van der Waals surface area contributed by atoms with E-state index in [2.05, 4.69) is 10.0 Å². The van der Waals surface area contributed by atoms with E-state index in [4.69, 9.17) is 9.47 Å². The maximum Gasteiger partial charge on any atom is 0.341 e. The Morgan fingerprint density at radius 2 is 1.69 bits per heavy atom. The number of rotatable bonds is 10. The van der Waals surface area contributed by atoms with E-state index in [1.54, 1.807) is 19.1 Å². The van der Waals surface area contributed by atoms with Crippen molar-refractivity contribution in [1.29, 1.82) is 0 Å². The number of aryl methyl sites for hydroxylation is 2. The molecule has 0 saturated heterocycles. The number of ether oxygens (including phenoxy) is 2. The highest BCUT2D eigenvalue weighted by Crippen LogP contribution is 2.34. The molecule has 32 heavy (non-hydrogen) atoms. The molecular formula is C21H26N2O7S2. The lowest BCUT2D eigenvalue weighted by molar-refractivity contribution is -0.146. The zero-order chi connectivity index (χ0) is 23.9. The molecule has 11 heteroatoms. The number of benzene rings is 1. The van der Waals surface area contributed by atoms with Gasteiger partial charge >= 0.3 is 11.9 Å². The number of hydrogen-bond donors (Lipinski definition) is 2. The average Bonchev–Trinajstić information content (AvgIpc) is 3.06. The molecule has 0 aliphatic carbocycles. The molecule has 0 fully saturated rings. The average molecular weight is 483 g/mol. The Balaban J connectivity index is 1.93. The predicted molar refractivity (Wildman–Crippen MR) is 120 cm³/mol. The Morgan fingerprint density at radius 3 is 2.28 bits per heavy atom. The van der Waals surface area contributed by atoms with Crippen molar-refractivity contribution in [3.8, 4) is 0 Å². The lowest BCUT2D eigenvalue weighted by atomic mass is 10.1. The van der Waals surface area contributed by atoms with Gasteiger partial charge in [-0.3, -0.25) is 9.59 Å². The maximum absolute atomic E-state index is 12.3. The second-order valence-electron chi connectivity index (χ2n) is 6.76. The summed E-state index contributed by atoms with van der Waals surface area (Å²) in [6.45, 7) is 6.17. The molecule has 2 N–H and O–H groups in total. The molecule has 0 bridgehead atoms. The van der Waals surface area contributed by atoms with Crippen LogP contribution in [0.3, 0.4) is 0 Å². The van der Waals surface area contributed by atoms with E-state index in [1.807, 2.05) is 20.8 Å². The summed E-state index contributed by atoms with van der Waals surface area (Å²) in [7, 11) is -3.89. The first-order valence-electron chi connectivity index (χ1n) is 9.90. The summed E-state index contributed by atoms with van der Waals surface area (Å²) < 4.78 is 36.5. The summed E-state index contributed by atoms with van der Waals surface area (Å²) in [4.78, 5) is 37.3. The smallest absolute Gasteiger partial charge is 0.341 e. The third-order valence-corrected chi connectivity index (χ3v) is 6.88. The van der Waals surface area contributed by atoms with Crippen LogP contribution in [0.15, 0.2) is 29.2 Å². The van der Waals surface area contributed by atoms with Crippen LogP contribution >= 0.6 is 11.3 Å². The fourth-order valence-electron chi connectivity index (χ4n) is 2.83. The standard InChI is InChI=1S/C21H26N2O7S2/c1-5-16-14(4)31-20(19(16)21(26)29-6-2)23-17(24)12-30-18(25)11-22-32(27,28)15-9-7-13(3)8-10-15/h7-10,22H,5-6,11-12H2,1-4H3,(H,23,24). The molecule has 0 unspecified atom stereocenters. The molecule has 0 saturated carbocycles. The van der Waals surface area contributed by atoms with Crippen LogP contribution in [0.25, 0.3) is 0 Å². The second-order valence-corrected chi connectivity index (χ2v) is 9.75. The Hall–Kier alpha value is -2.76. The van der Waals surface area contributed by atoms with E-state index in [0.29, 0.717) is 17.0 Å². The van der Waals surface area contributed by atoms with Gasteiger partial charge in [-0.25, -0.2) is 13.2 Å². The Morgan fingerprint density at radius 1 is 1.03 bits per heavy atom. The summed E-state index contributed by atoms with van der Waals surface area (Å²) in [5, 5.41) is 2.89. The Bertz CT molecular complexity index is 1090. The van der Waals surface area contributed by atoms with Gasteiger partial charge in [0.15, 0.2) is 6.61 Å². The fourth-order valence-corrected chi connectivity index (χ4v) is 4.94. The molecule has 1 amide bonds. The summed E-state index contributed by atoms with van der Waals surface area (Å²) in [5.41, 5.74) is 1.97. The van der Waals surface area contributed by atoms with Crippen LogP contribution < -0.4 is 10.0 Å². The molecule has 2 rings (SSSR count). The minimum atomic E-state index is -3.89. The first kappa shape index (κ1) is 25.5. The van der Waals surface area contributed by atoms with Crippen molar-refractivity contribution in [2.75, 3.05) is 25.1 Å². The SMILES string of the molecule is CCOC(=O)c1c(NC(=O)COC(=O)CNS(=O)(=O)c2ccc(C)cc2)sc(C)c1CC. The molecule has 0 radical (unpaired) electrons. The zero-order valence-electron chi connectivity index (χ0n) is 18.3. The fraction of sp³-hybridized carbons (Fsp3) is 0.381. The minimum Gasteiger partial charge on any atom is -0.462 e. The first-order chi connectivity index (χ1) is 15.1. The van der Waals surface area contributed by atoms with Gasteiger partial charge < -0.3 is 14.8 Å². The summed E-state index contributed by atoms with van der Waals surface area (Å²) in [6, 6.07) is 6.12. The molecule has 0 aliphatic heterocycles.